The zero-order valence-corrected chi connectivity index (χ0v) is 15.3. The molecule has 0 amide bonds. The van der Waals surface area contributed by atoms with Crippen LogP contribution in [0.15, 0.2) is 48.7 Å². The van der Waals surface area contributed by atoms with Crippen LogP contribution < -0.4 is 14.8 Å². The maximum atomic E-state index is 12.0. The summed E-state index contributed by atoms with van der Waals surface area (Å²) in [7, 11) is 1.51. The van der Waals surface area contributed by atoms with E-state index in [1.807, 2.05) is 31.2 Å². The number of anilines is 2. The van der Waals surface area contributed by atoms with Crippen molar-refractivity contribution in [1.82, 2.24) is 4.98 Å². The van der Waals surface area contributed by atoms with Gasteiger partial charge in [0.25, 0.3) is 0 Å². The molecule has 1 heterocycles. The Kier molecular flexibility index (Phi) is 5.89. The Balaban J connectivity index is 1.74. The molecule has 0 bridgehead atoms. The van der Waals surface area contributed by atoms with E-state index in [2.05, 4.69) is 15.0 Å². The summed E-state index contributed by atoms with van der Waals surface area (Å²) in [6.45, 7) is 1.18. The minimum atomic E-state index is -4.67. The summed E-state index contributed by atoms with van der Waals surface area (Å²) in [5.74, 6) is 0.870. The van der Waals surface area contributed by atoms with Gasteiger partial charge in [0.15, 0.2) is 0 Å². The molecule has 3 rings (SSSR count). The van der Waals surface area contributed by atoms with Crippen molar-refractivity contribution >= 4 is 22.3 Å². The van der Waals surface area contributed by atoms with E-state index in [0.29, 0.717) is 17.2 Å². The van der Waals surface area contributed by atoms with Crippen molar-refractivity contribution in [1.29, 1.82) is 0 Å². The Morgan fingerprint density at radius 1 is 1.00 bits per heavy atom. The highest BCUT2D eigenvalue weighted by Gasteiger charge is 2.28. The van der Waals surface area contributed by atoms with Gasteiger partial charge in [-0.15, -0.1) is 13.2 Å². The fourth-order valence-corrected chi connectivity index (χ4v) is 2.69. The van der Waals surface area contributed by atoms with Gasteiger partial charge in [-0.25, -0.2) is 0 Å². The lowest BCUT2D eigenvalue weighted by atomic mass is 10.1. The number of nitrogens with zero attached hydrogens (tertiary/aromatic N) is 1. The van der Waals surface area contributed by atoms with Crippen LogP contribution in [0.2, 0.25) is 0 Å². The number of benzene rings is 2. The molecule has 0 radical (unpaired) electrons. The second-order valence-electron chi connectivity index (χ2n) is 6.01. The second kappa shape index (κ2) is 8.35. The van der Waals surface area contributed by atoms with Crippen LogP contribution in [0.1, 0.15) is 5.56 Å². The number of pyridine rings is 1. The Morgan fingerprint density at radius 3 is 2.57 bits per heavy atom. The Morgan fingerprint density at radius 2 is 1.82 bits per heavy atom. The number of ether oxygens (including phenoxy) is 3. The number of halogens is 3. The first-order chi connectivity index (χ1) is 13.4. The third kappa shape index (κ3) is 5.04. The lowest BCUT2D eigenvalue weighted by Crippen LogP contribution is -2.18. The van der Waals surface area contributed by atoms with Crippen LogP contribution in [0.25, 0.3) is 10.9 Å². The largest absolute Gasteiger partial charge is 0.522 e. The Hall–Kier alpha value is -3.00. The van der Waals surface area contributed by atoms with Crippen LogP contribution in [0.4, 0.5) is 24.5 Å². The first-order valence-corrected chi connectivity index (χ1v) is 8.49. The quantitative estimate of drug-likeness (QED) is 0.560. The zero-order valence-electron chi connectivity index (χ0n) is 15.3. The lowest BCUT2D eigenvalue weighted by molar-refractivity contribution is -0.325. The van der Waals surface area contributed by atoms with Gasteiger partial charge in [0.1, 0.15) is 18.1 Å². The van der Waals surface area contributed by atoms with Crippen LogP contribution in [0, 0.1) is 6.92 Å². The molecule has 0 fully saturated rings. The molecule has 0 aliphatic carbocycles. The number of aromatic nitrogens is 1. The molecule has 0 spiro atoms. The summed E-state index contributed by atoms with van der Waals surface area (Å²) < 4.78 is 50.3. The van der Waals surface area contributed by atoms with Crippen LogP contribution >= 0.6 is 0 Å². The van der Waals surface area contributed by atoms with E-state index in [1.54, 1.807) is 24.4 Å². The highest BCUT2D eigenvalue weighted by molar-refractivity contribution is 5.93. The van der Waals surface area contributed by atoms with Crippen molar-refractivity contribution in [2.45, 2.75) is 13.3 Å². The molecule has 0 saturated heterocycles. The van der Waals surface area contributed by atoms with Gasteiger partial charge < -0.3 is 14.8 Å². The second-order valence-corrected chi connectivity index (χ2v) is 6.01. The van der Waals surface area contributed by atoms with Gasteiger partial charge in [-0.2, -0.15) is 0 Å². The molecular formula is C20H19F3N2O3. The average molecular weight is 392 g/mol. The van der Waals surface area contributed by atoms with E-state index in [4.69, 9.17) is 9.47 Å². The van der Waals surface area contributed by atoms with Crippen molar-refractivity contribution in [3.8, 4) is 11.5 Å². The summed E-state index contributed by atoms with van der Waals surface area (Å²) in [6, 6.07) is 12.8. The Labute approximate surface area is 160 Å². The first kappa shape index (κ1) is 19.8. The molecule has 0 aliphatic heterocycles. The van der Waals surface area contributed by atoms with Crippen LogP contribution in [-0.2, 0) is 4.74 Å². The van der Waals surface area contributed by atoms with E-state index in [1.165, 1.54) is 7.11 Å². The van der Waals surface area contributed by atoms with Crippen molar-refractivity contribution < 1.29 is 27.4 Å². The van der Waals surface area contributed by atoms with E-state index in [-0.39, 0.29) is 6.61 Å². The molecule has 28 heavy (non-hydrogen) atoms. The van der Waals surface area contributed by atoms with Crippen molar-refractivity contribution in [3.05, 3.63) is 54.2 Å². The molecule has 0 unspecified atom stereocenters. The van der Waals surface area contributed by atoms with Gasteiger partial charge in [-0.05, 0) is 36.8 Å². The van der Waals surface area contributed by atoms with Crippen molar-refractivity contribution in [2.75, 3.05) is 25.6 Å². The third-order valence-corrected chi connectivity index (χ3v) is 3.96. The minimum absolute atomic E-state index is 0.232. The van der Waals surface area contributed by atoms with Crippen LogP contribution in [-0.4, -0.2) is 31.7 Å². The number of hydrogen-bond acceptors (Lipinski definition) is 5. The first-order valence-electron chi connectivity index (χ1n) is 8.49. The zero-order chi connectivity index (χ0) is 20.1. The molecule has 148 valence electrons. The molecule has 1 N–H and O–H groups in total. The third-order valence-electron chi connectivity index (χ3n) is 3.96. The summed E-state index contributed by atoms with van der Waals surface area (Å²) >= 11 is 0. The van der Waals surface area contributed by atoms with Gasteiger partial charge in [0, 0.05) is 23.3 Å². The number of methoxy groups -OCH3 is 1. The lowest BCUT2D eigenvalue weighted by Gasteiger charge is -2.15. The maximum absolute atomic E-state index is 12.0. The smallest absolute Gasteiger partial charge is 0.494 e. The van der Waals surface area contributed by atoms with E-state index >= 15 is 0 Å². The van der Waals surface area contributed by atoms with Gasteiger partial charge in [0.05, 0.1) is 24.9 Å². The highest BCUT2D eigenvalue weighted by Crippen LogP contribution is 2.33. The van der Waals surface area contributed by atoms with E-state index in [9.17, 15) is 13.2 Å². The van der Waals surface area contributed by atoms with Crippen molar-refractivity contribution in [3.63, 3.8) is 0 Å². The predicted molar refractivity (Wildman–Crippen MR) is 100 cm³/mol. The van der Waals surface area contributed by atoms with Gasteiger partial charge >= 0.3 is 6.36 Å². The molecule has 2 aromatic carbocycles. The molecule has 0 saturated carbocycles. The topological polar surface area (TPSA) is 52.6 Å². The van der Waals surface area contributed by atoms with Crippen molar-refractivity contribution in [2.24, 2.45) is 0 Å². The van der Waals surface area contributed by atoms with Crippen LogP contribution in [0.3, 0.4) is 0 Å². The monoisotopic (exact) mass is 392 g/mol. The normalized spacial score (nSPS) is 11.5. The summed E-state index contributed by atoms with van der Waals surface area (Å²) in [6.07, 6.45) is -2.95. The minimum Gasteiger partial charge on any atom is -0.494 e. The number of alkyl halides is 3. The number of rotatable bonds is 7. The van der Waals surface area contributed by atoms with E-state index in [0.717, 1.165) is 22.2 Å². The fraction of sp³-hybridized carbons (Fsp3) is 0.250. The predicted octanol–water partition coefficient (Wildman–Crippen LogP) is 5.21. The average Bonchev–Trinajstić information content (AvgIpc) is 2.65. The molecule has 3 aromatic rings. The molecular weight excluding hydrogens is 373 g/mol. The maximum Gasteiger partial charge on any atom is 0.522 e. The summed E-state index contributed by atoms with van der Waals surface area (Å²) in [5, 5.41) is 4.26. The number of fused-ring (bicyclic) bond motifs is 1. The highest BCUT2D eigenvalue weighted by atomic mass is 19.4. The van der Waals surface area contributed by atoms with Gasteiger partial charge in [-0.3, -0.25) is 9.72 Å². The molecule has 0 aliphatic rings. The number of hydrogen-bond donors (Lipinski definition) is 1. The number of nitrogens with one attached hydrogen (secondary N) is 1. The van der Waals surface area contributed by atoms with Gasteiger partial charge in [0.2, 0.25) is 0 Å². The van der Waals surface area contributed by atoms with Gasteiger partial charge in [-0.1, -0.05) is 12.1 Å². The SMILES string of the molecule is COc1cc(OCCOC(F)(F)F)ccc1Nc1ccnc2cc(C)ccc12. The molecule has 0 atom stereocenters. The molecule has 5 nitrogen and oxygen atoms in total. The number of aryl methyl sites for hydroxylation is 1. The molecule has 8 heteroatoms. The fourth-order valence-electron chi connectivity index (χ4n) is 2.69. The van der Waals surface area contributed by atoms with Crippen LogP contribution in [0.5, 0.6) is 11.5 Å². The summed E-state index contributed by atoms with van der Waals surface area (Å²) in [5.41, 5.74) is 3.53. The summed E-state index contributed by atoms with van der Waals surface area (Å²) in [4.78, 5) is 4.38. The Bertz CT molecular complexity index is 961. The molecule has 1 aromatic heterocycles. The van der Waals surface area contributed by atoms with E-state index < -0.39 is 13.0 Å². The standard InChI is InChI=1S/C20H19F3N2O3/c1-13-3-5-15-16(7-8-24-18(15)11-13)25-17-6-4-14(12-19(17)26-2)27-9-10-28-20(21,22)23/h3-8,11-12H,9-10H2,1-2H3,(H,24,25).